The second-order valence-electron chi connectivity index (χ2n) is 6.90. The number of hydrogen-bond acceptors (Lipinski definition) is 2. The second kappa shape index (κ2) is 6.67. The van der Waals surface area contributed by atoms with Gasteiger partial charge in [-0.1, -0.05) is 50.2 Å². The molecule has 3 rings (SSSR count). The smallest absolute Gasteiger partial charge is 0.432 e. The van der Waals surface area contributed by atoms with Crippen molar-refractivity contribution in [1.29, 1.82) is 0 Å². The number of halogens is 3. The summed E-state index contributed by atoms with van der Waals surface area (Å²) >= 11 is 0. The van der Waals surface area contributed by atoms with E-state index in [0.29, 0.717) is 17.7 Å². The van der Waals surface area contributed by atoms with Crippen molar-refractivity contribution in [2.45, 2.75) is 38.5 Å². The molecule has 3 nitrogen and oxygen atoms in total. The van der Waals surface area contributed by atoms with Gasteiger partial charge in [0.05, 0.1) is 0 Å². The minimum atomic E-state index is -4.60. The third kappa shape index (κ3) is 3.28. The molecule has 2 aromatic rings. The molecule has 1 aliphatic rings. The lowest BCUT2D eigenvalue weighted by Crippen LogP contribution is -2.46. The van der Waals surface area contributed by atoms with Gasteiger partial charge >= 0.3 is 6.18 Å². The van der Waals surface area contributed by atoms with Crippen molar-refractivity contribution in [2.24, 2.45) is 5.92 Å². The van der Waals surface area contributed by atoms with E-state index in [0.717, 1.165) is 0 Å². The molecule has 1 amide bonds. The van der Waals surface area contributed by atoms with Crippen LogP contribution in [0.1, 0.15) is 31.4 Å². The molecular formula is C20H20F3NO2. The molecule has 0 bridgehead atoms. The van der Waals surface area contributed by atoms with Gasteiger partial charge in [0.15, 0.2) is 0 Å². The molecule has 26 heavy (non-hydrogen) atoms. The number of amides is 1. The molecule has 6 heteroatoms. The Morgan fingerprint density at radius 2 is 1.85 bits per heavy atom. The van der Waals surface area contributed by atoms with Crippen molar-refractivity contribution in [3.05, 3.63) is 59.7 Å². The van der Waals surface area contributed by atoms with E-state index in [9.17, 15) is 18.0 Å². The fraction of sp³-hybridized carbons (Fsp3) is 0.350. The average Bonchev–Trinajstić information content (AvgIpc) is 2.97. The molecule has 0 spiro atoms. The highest BCUT2D eigenvalue weighted by Gasteiger charge is 2.61. The first-order valence-corrected chi connectivity index (χ1v) is 8.46. The van der Waals surface area contributed by atoms with Crippen LogP contribution in [0.3, 0.4) is 0 Å². The molecule has 1 atom stereocenters. The maximum Gasteiger partial charge on any atom is 0.432 e. The molecule has 0 saturated heterocycles. The van der Waals surface area contributed by atoms with Crippen LogP contribution in [0.15, 0.2) is 48.5 Å². The molecule has 138 valence electrons. The van der Waals surface area contributed by atoms with Crippen LogP contribution in [0.5, 0.6) is 5.75 Å². The Kier molecular flexibility index (Phi) is 4.69. The molecule has 2 aromatic carbocycles. The molecule has 0 aromatic heterocycles. The number of carbonyl (C=O) groups is 1. The van der Waals surface area contributed by atoms with Crippen molar-refractivity contribution >= 4 is 11.6 Å². The number of benzene rings is 2. The first kappa shape index (κ1) is 18.3. The van der Waals surface area contributed by atoms with Gasteiger partial charge in [-0.05, 0) is 18.1 Å². The van der Waals surface area contributed by atoms with E-state index in [2.05, 4.69) is 5.32 Å². The lowest BCUT2D eigenvalue weighted by Gasteiger charge is -2.31. The van der Waals surface area contributed by atoms with Gasteiger partial charge in [-0.25, -0.2) is 0 Å². The molecule has 0 fully saturated rings. The fourth-order valence-corrected chi connectivity index (χ4v) is 3.20. The van der Waals surface area contributed by atoms with Crippen LogP contribution in [0.2, 0.25) is 0 Å². The van der Waals surface area contributed by atoms with E-state index in [1.54, 1.807) is 30.3 Å². The predicted molar refractivity (Wildman–Crippen MR) is 93.0 cm³/mol. The first-order chi connectivity index (χ1) is 12.2. The molecule has 0 radical (unpaired) electrons. The number of nitrogens with one attached hydrogen (secondary N) is 1. The monoisotopic (exact) mass is 363 g/mol. The standard InChI is InChI=1S/C20H20F3NO2/c1-13(2)11-18(25)24-16-9-6-10-17-15(16)12-19(26-17,20(21,22)23)14-7-4-3-5-8-14/h3-10,13H,11-12H2,1-2H3,(H,24,25). The molecule has 0 aliphatic carbocycles. The fourth-order valence-electron chi connectivity index (χ4n) is 3.20. The number of anilines is 1. The SMILES string of the molecule is CC(C)CC(=O)Nc1cccc2c1CC(c1ccccc1)(C(F)(F)F)O2. The number of hydrogen-bond donors (Lipinski definition) is 1. The van der Waals surface area contributed by atoms with Gasteiger partial charge in [0.25, 0.3) is 0 Å². The van der Waals surface area contributed by atoms with Gasteiger partial charge in [0, 0.05) is 29.7 Å². The quantitative estimate of drug-likeness (QED) is 0.824. The van der Waals surface area contributed by atoms with Crippen molar-refractivity contribution in [3.63, 3.8) is 0 Å². The van der Waals surface area contributed by atoms with Crippen LogP contribution in [0, 0.1) is 5.92 Å². The Bertz CT molecular complexity index is 802. The summed E-state index contributed by atoms with van der Waals surface area (Å²) in [5.74, 6) is 0.0766. The minimum Gasteiger partial charge on any atom is -0.472 e. The van der Waals surface area contributed by atoms with Crippen molar-refractivity contribution in [3.8, 4) is 5.75 Å². The largest absolute Gasteiger partial charge is 0.472 e. The van der Waals surface area contributed by atoms with Gasteiger partial charge in [0.2, 0.25) is 11.5 Å². The summed E-state index contributed by atoms with van der Waals surface area (Å²) < 4.78 is 47.5. The first-order valence-electron chi connectivity index (χ1n) is 8.46. The Labute approximate surface area is 150 Å². The molecule has 0 saturated carbocycles. The molecule has 1 N–H and O–H groups in total. The van der Waals surface area contributed by atoms with Crippen LogP contribution in [-0.4, -0.2) is 12.1 Å². The van der Waals surface area contributed by atoms with E-state index in [1.165, 1.54) is 18.2 Å². The zero-order valence-corrected chi connectivity index (χ0v) is 14.6. The number of rotatable bonds is 4. The van der Waals surface area contributed by atoms with Gasteiger partial charge in [0.1, 0.15) is 5.75 Å². The minimum absolute atomic E-state index is 0.0446. The van der Waals surface area contributed by atoms with Crippen molar-refractivity contribution in [2.75, 3.05) is 5.32 Å². The molecule has 1 heterocycles. The number of fused-ring (bicyclic) bond motifs is 1. The number of ether oxygens (including phenoxy) is 1. The third-order valence-electron chi connectivity index (χ3n) is 4.41. The van der Waals surface area contributed by atoms with E-state index in [4.69, 9.17) is 4.74 Å². The van der Waals surface area contributed by atoms with E-state index in [-0.39, 0.29) is 29.6 Å². The molecular weight excluding hydrogens is 343 g/mol. The summed E-state index contributed by atoms with van der Waals surface area (Å²) in [5, 5.41) is 2.73. The van der Waals surface area contributed by atoms with Crippen LogP contribution >= 0.6 is 0 Å². The van der Waals surface area contributed by atoms with E-state index >= 15 is 0 Å². The lowest BCUT2D eigenvalue weighted by molar-refractivity contribution is -0.248. The summed E-state index contributed by atoms with van der Waals surface area (Å²) in [6.07, 6.45) is -4.69. The maximum absolute atomic E-state index is 14.0. The van der Waals surface area contributed by atoms with Crippen LogP contribution in [-0.2, 0) is 16.8 Å². The Morgan fingerprint density at radius 3 is 2.46 bits per heavy atom. The Balaban J connectivity index is 1.99. The molecule has 1 aliphatic heterocycles. The highest BCUT2D eigenvalue weighted by molar-refractivity contribution is 5.92. The zero-order chi connectivity index (χ0) is 18.9. The summed E-state index contributed by atoms with van der Waals surface area (Å²) in [6, 6.07) is 12.3. The Hall–Kier alpha value is -2.50. The summed E-state index contributed by atoms with van der Waals surface area (Å²) in [4.78, 5) is 12.1. The van der Waals surface area contributed by atoms with E-state index < -0.39 is 11.8 Å². The predicted octanol–water partition coefficient (Wildman–Crippen LogP) is 5.06. The second-order valence-corrected chi connectivity index (χ2v) is 6.90. The lowest BCUT2D eigenvalue weighted by atomic mass is 9.88. The summed E-state index contributed by atoms with van der Waals surface area (Å²) in [5.41, 5.74) is -1.67. The van der Waals surface area contributed by atoms with Gasteiger partial charge < -0.3 is 10.1 Å². The molecule has 1 unspecified atom stereocenters. The van der Waals surface area contributed by atoms with Crippen molar-refractivity contribution < 1.29 is 22.7 Å². The highest BCUT2D eigenvalue weighted by Crippen LogP contribution is 2.52. The number of carbonyl (C=O) groups excluding carboxylic acids is 1. The topological polar surface area (TPSA) is 38.3 Å². The normalized spacial score (nSPS) is 19.2. The number of alkyl halides is 3. The third-order valence-corrected chi connectivity index (χ3v) is 4.41. The summed E-state index contributed by atoms with van der Waals surface area (Å²) in [7, 11) is 0. The summed E-state index contributed by atoms with van der Waals surface area (Å²) in [6.45, 7) is 3.81. The van der Waals surface area contributed by atoms with E-state index in [1.807, 2.05) is 13.8 Å². The van der Waals surface area contributed by atoms with Crippen LogP contribution in [0.4, 0.5) is 18.9 Å². The van der Waals surface area contributed by atoms with Gasteiger partial charge in [-0.3, -0.25) is 4.79 Å². The van der Waals surface area contributed by atoms with Gasteiger partial charge in [-0.2, -0.15) is 13.2 Å². The highest BCUT2D eigenvalue weighted by atomic mass is 19.4. The van der Waals surface area contributed by atoms with Crippen LogP contribution in [0.25, 0.3) is 0 Å². The van der Waals surface area contributed by atoms with Crippen molar-refractivity contribution in [1.82, 2.24) is 0 Å². The average molecular weight is 363 g/mol. The zero-order valence-electron chi connectivity index (χ0n) is 14.6. The maximum atomic E-state index is 14.0. The van der Waals surface area contributed by atoms with Gasteiger partial charge in [-0.15, -0.1) is 0 Å². The van der Waals surface area contributed by atoms with Crippen LogP contribution < -0.4 is 10.1 Å². The Morgan fingerprint density at radius 1 is 1.15 bits per heavy atom.